The van der Waals surface area contributed by atoms with Crippen molar-refractivity contribution in [2.24, 2.45) is 0 Å². The number of amides is 1. The first-order valence-corrected chi connectivity index (χ1v) is 10.8. The number of nitrogens with one attached hydrogen (secondary N) is 3. The van der Waals surface area contributed by atoms with E-state index in [9.17, 15) is 18.0 Å². The molecule has 3 aromatic rings. The fourth-order valence-corrected chi connectivity index (χ4v) is 4.01. The molecule has 10 heteroatoms. The number of hydrogen-bond donors (Lipinski definition) is 3. The molecule has 0 radical (unpaired) electrons. The van der Waals surface area contributed by atoms with Crippen molar-refractivity contribution in [3.63, 3.8) is 0 Å². The van der Waals surface area contributed by atoms with Crippen LogP contribution in [0, 0.1) is 11.6 Å². The van der Waals surface area contributed by atoms with Crippen LogP contribution in [0.2, 0.25) is 0 Å². The van der Waals surface area contributed by atoms with Crippen molar-refractivity contribution in [1.29, 1.82) is 0 Å². The maximum absolute atomic E-state index is 14.7. The molecule has 7 nitrogen and oxygen atoms in total. The van der Waals surface area contributed by atoms with Gasteiger partial charge in [-0.25, -0.2) is 23.1 Å². The van der Waals surface area contributed by atoms with E-state index in [0.29, 0.717) is 36.4 Å². The highest BCUT2D eigenvalue weighted by atomic mass is 19.1. The lowest BCUT2D eigenvalue weighted by molar-refractivity contribution is 0.0917. The number of pyridine rings is 2. The molecule has 1 saturated heterocycles. The molecule has 4 heterocycles. The van der Waals surface area contributed by atoms with Gasteiger partial charge in [0, 0.05) is 30.4 Å². The Morgan fingerprint density at radius 1 is 1.19 bits per heavy atom. The SMILES string of the molecule is O=C(NC1CCC1)c1ccn2c(-c3nc(NC4CNCCC4F)c(F)cc3F)cnc2c1. The lowest BCUT2D eigenvalue weighted by Gasteiger charge is -2.28. The van der Waals surface area contributed by atoms with Crippen molar-refractivity contribution in [1.82, 2.24) is 25.0 Å². The molecule has 1 amide bonds. The number of anilines is 1. The normalized spacial score (nSPS) is 21.3. The summed E-state index contributed by atoms with van der Waals surface area (Å²) in [5.74, 6) is -2.15. The van der Waals surface area contributed by atoms with Gasteiger partial charge in [0.2, 0.25) is 0 Å². The third-order valence-electron chi connectivity index (χ3n) is 6.11. The van der Waals surface area contributed by atoms with E-state index in [1.54, 1.807) is 22.7 Å². The number of alkyl halides is 1. The largest absolute Gasteiger partial charge is 0.361 e. The number of carbonyl (C=O) groups excluding carboxylic acids is 1. The van der Waals surface area contributed by atoms with Crippen molar-refractivity contribution in [3.05, 3.63) is 47.8 Å². The molecule has 1 aliphatic carbocycles. The average Bonchev–Trinajstić information content (AvgIpc) is 3.17. The van der Waals surface area contributed by atoms with Gasteiger partial charge in [-0.05, 0) is 44.4 Å². The van der Waals surface area contributed by atoms with E-state index < -0.39 is 23.8 Å². The topological polar surface area (TPSA) is 83.4 Å². The van der Waals surface area contributed by atoms with Crippen LogP contribution < -0.4 is 16.0 Å². The van der Waals surface area contributed by atoms with Gasteiger partial charge in [0.1, 0.15) is 17.5 Å². The number of carbonyl (C=O) groups is 1. The van der Waals surface area contributed by atoms with Crippen molar-refractivity contribution in [2.75, 3.05) is 18.4 Å². The predicted octanol–water partition coefficient (Wildman–Crippen LogP) is 3.07. The summed E-state index contributed by atoms with van der Waals surface area (Å²) in [6, 6.07) is 3.51. The molecule has 0 aromatic carbocycles. The lowest BCUT2D eigenvalue weighted by Crippen LogP contribution is -2.46. The lowest BCUT2D eigenvalue weighted by atomic mass is 9.93. The van der Waals surface area contributed by atoms with Crippen LogP contribution in [0.25, 0.3) is 17.0 Å². The number of imidazole rings is 1. The maximum Gasteiger partial charge on any atom is 0.251 e. The van der Waals surface area contributed by atoms with Crippen LogP contribution >= 0.6 is 0 Å². The first-order valence-electron chi connectivity index (χ1n) is 10.8. The zero-order valence-electron chi connectivity index (χ0n) is 17.2. The van der Waals surface area contributed by atoms with Gasteiger partial charge in [-0.1, -0.05) is 0 Å². The molecule has 2 fully saturated rings. The third kappa shape index (κ3) is 3.90. The second kappa shape index (κ2) is 8.42. The highest BCUT2D eigenvalue weighted by Gasteiger charge is 2.27. The number of rotatable bonds is 5. The van der Waals surface area contributed by atoms with E-state index in [0.717, 1.165) is 25.3 Å². The Hall–Kier alpha value is -3.14. The highest BCUT2D eigenvalue weighted by molar-refractivity contribution is 5.95. The van der Waals surface area contributed by atoms with Crippen LogP contribution in [-0.2, 0) is 0 Å². The molecule has 168 valence electrons. The smallest absolute Gasteiger partial charge is 0.251 e. The molecule has 1 aliphatic heterocycles. The summed E-state index contributed by atoms with van der Waals surface area (Å²) in [5, 5.41) is 8.77. The van der Waals surface area contributed by atoms with Gasteiger partial charge in [0.25, 0.3) is 5.91 Å². The van der Waals surface area contributed by atoms with Crippen LogP contribution in [0.1, 0.15) is 36.0 Å². The fraction of sp³-hybridized carbons (Fsp3) is 0.409. The Balaban J connectivity index is 1.44. The van der Waals surface area contributed by atoms with E-state index in [1.807, 2.05) is 0 Å². The molecule has 2 aliphatic rings. The van der Waals surface area contributed by atoms with Gasteiger partial charge in [-0.3, -0.25) is 9.20 Å². The van der Waals surface area contributed by atoms with Crippen LogP contribution in [0.4, 0.5) is 19.0 Å². The molecule has 32 heavy (non-hydrogen) atoms. The second-order valence-corrected chi connectivity index (χ2v) is 8.30. The molecule has 0 spiro atoms. The Kier molecular flexibility index (Phi) is 5.46. The molecule has 1 saturated carbocycles. The number of piperidine rings is 1. The van der Waals surface area contributed by atoms with Crippen molar-refractivity contribution >= 4 is 17.4 Å². The van der Waals surface area contributed by atoms with Gasteiger partial charge in [0.05, 0.1) is 17.9 Å². The predicted molar refractivity (Wildman–Crippen MR) is 113 cm³/mol. The van der Waals surface area contributed by atoms with Crippen molar-refractivity contribution < 1.29 is 18.0 Å². The Morgan fingerprint density at radius 2 is 2.03 bits per heavy atom. The van der Waals surface area contributed by atoms with Crippen molar-refractivity contribution in [2.45, 2.75) is 43.9 Å². The van der Waals surface area contributed by atoms with Crippen LogP contribution in [0.15, 0.2) is 30.6 Å². The Morgan fingerprint density at radius 3 is 2.78 bits per heavy atom. The van der Waals surface area contributed by atoms with E-state index in [2.05, 4.69) is 25.9 Å². The molecule has 3 aromatic heterocycles. The van der Waals surface area contributed by atoms with Gasteiger partial charge >= 0.3 is 0 Å². The Labute approximate surface area is 182 Å². The average molecular weight is 444 g/mol. The van der Waals surface area contributed by atoms with Crippen molar-refractivity contribution in [3.8, 4) is 11.4 Å². The number of halogens is 3. The number of hydrogen-bond acceptors (Lipinski definition) is 5. The maximum atomic E-state index is 14.7. The van der Waals surface area contributed by atoms with E-state index in [4.69, 9.17) is 0 Å². The van der Waals surface area contributed by atoms with Crippen LogP contribution in [0.3, 0.4) is 0 Å². The first-order chi connectivity index (χ1) is 15.5. The molecule has 2 atom stereocenters. The van der Waals surface area contributed by atoms with Crippen LogP contribution in [0.5, 0.6) is 0 Å². The van der Waals surface area contributed by atoms with Gasteiger partial charge in [0.15, 0.2) is 17.5 Å². The van der Waals surface area contributed by atoms with Gasteiger partial charge < -0.3 is 16.0 Å². The minimum absolute atomic E-state index is 0.118. The molecular weight excluding hydrogens is 421 g/mol. The summed E-state index contributed by atoms with van der Waals surface area (Å²) in [5.41, 5.74) is 1.06. The number of fused-ring (bicyclic) bond motifs is 1. The first kappa shape index (κ1) is 20.7. The second-order valence-electron chi connectivity index (χ2n) is 8.30. The zero-order valence-corrected chi connectivity index (χ0v) is 17.2. The summed E-state index contributed by atoms with van der Waals surface area (Å²) >= 11 is 0. The molecular formula is C22H23F3N6O. The standard InChI is InChI=1S/C22H23F3N6O/c23-14-4-6-26-10-17(14)29-21-16(25)9-15(24)20(30-21)18-11-27-19-8-12(5-7-31(18)19)22(32)28-13-2-1-3-13/h5,7-9,11,13-14,17,26H,1-4,6,10H2,(H,28,32)(H,29,30). The molecule has 2 unspecified atom stereocenters. The van der Waals surface area contributed by atoms with E-state index in [-0.39, 0.29) is 23.5 Å². The number of nitrogens with zero attached hydrogens (tertiary/aromatic N) is 3. The third-order valence-corrected chi connectivity index (χ3v) is 6.11. The fourth-order valence-electron chi connectivity index (χ4n) is 4.01. The minimum Gasteiger partial charge on any atom is -0.361 e. The van der Waals surface area contributed by atoms with Crippen LogP contribution in [-0.4, -0.2) is 51.6 Å². The summed E-state index contributed by atoms with van der Waals surface area (Å²) in [4.78, 5) is 20.8. The van der Waals surface area contributed by atoms with Gasteiger partial charge in [-0.15, -0.1) is 0 Å². The monoisotopic (exact) mass is 444 g/mol. The number of aromatic nitrogens is 3. The molecule has 5 rings (SSSR count). The van der Waals surface area contributed by atoms with E-state index in [1.165, 1.54) is 6.20 Å². The summed E-state index contributed by atoms with van der Waals surface area (Å²) < 4.78 is 44.8. The quantitative estimate of drug-likeness (QED) is 0.564. The summed E-state index contributed by atoms with van der Waals surface area (Å²) in [7, 11) is 0. The van der Waals surface area contributed by atoms with E-state index >= 15 is 0 Å². The van der Waals surface area contributed by atoms with Gasteiger partial charge in [-0.2, -0.15) is 0 Å². The highest BCUT2D eigenvalue weighted by Crippen LogP contribution is 2.27. The molecule has 3 N–H and O–H groups in total. The summed E-state index contributed by atoms with van der Waals surface area (Å²) in [6.45, 7) is 0.864. The summed E-state index contributed by atoms with van der Waals surface area (Å²) in [6.07, 6.45) is 5.23. The Bertz CT molecular complexity index is 1160. The zero-order chi connectivity index (χ0) is 22.2. The minimum atomic E-state index is -1.16. The molecule has 0 bridgehead atoms.